The van der Waals surface area contributed by atoms with Gasteiger partial charge in [0.15, 0.2) is 11.4 Å². The lowest BCUT2D eigenvalue weighted by molar-refractivity contribution is -0.143. The highest BCUT2D eigenvalue weighted by Gasteiger charge is 2.40. The fraction of sp³-hybridized carbons (Fsp3) is 0.185. The van der Waals surface area contributed by atoms with Crippen LogP contribution in [0, 0.1) is 22.7 Å². The van der Waals surface area contributed by atoms with Gasteiger partial charge in [0.1, 0.15) is 28.8 Å². The molecular weight excluding hydrogens is 1200 g/mol. The molecule has 82 heavy (non-hydrogen) atoms. The summed E-state index contributed by atoms with van der Waals surface area (Å²) in [5.74, 6) is -1.48. The third-order valence-electron chi connectivity index (χ3n) is 11.2. The quantitative estimate of drug-likeness (QED) is 0.0609. The molecule has 8 rings (SSSR count). The number of aromatic nitrogens is 8. The van der Waals surface area contributed by atoms with Crippen LogP contribution in [0.5, 0.6) is 34.5 Å². The van der Waals surface area contributed by atoms with Crippen LogP contribution in [-0.4, -0.2) is 59.5 Å². The molecule has 0 N–H and O–H groups in total. The first-order valence-corrected chi connectivity index (χ1v) is 25.0. The highest BCUT2D eigenvalue weighted by Crippen LogP contribution is 2.37. The van der Waals surface area contributed by atoms with Gasteiger partial charge in [0, 0.05) is 10.0 Å². The van der Waals surface area contributed by atoms with Gasteiger partial charge in [-0.2, -0.15) is 47.1 Å². The zero-order valence-corrected chi connectivity index (χ0v) is 45.8. The number of hydrogen-bond donors (Lipinski definition) is 0. The van der Waals surface area contributed by atoms with Crippen LogP contribution in [0.2, 0.25) is 10.0 Å². The zero-order valence-electron chi connectivity index (χ0n) is 42.7. The summed E-state index contributed by atoms with van der Waals surface area (Å²) in [7, 11) is 3.04. The van der Waals surface area contributed by atoms with E-state index in [9.17, 15) is 50.8 Å². The molecule has 422 valence electrons. The lowest BCUT2D eigenvalue weighted by atomic mass is 10.2. The van der Waals surface area contributed by atoms with Gasteiger partial charge in [-0.1, -0.05) is 54.0 Å². The van der Waals surface area contributed by atoms with Gasteiger partial charge in [0.2, 0.25) is 11.5 Å². The molecule has 28 heteroatoms. The second-order valence-electron chi connectivity index (χ2n) is 17.0. The standard InChI is InChI=1S/C29H23ClF3N5O5.C25H16BrClF3N5O4/c1-4-42-17(2)24-12-21(36-38(27(24)39)14-18-5-7-22(41-3)8-6-18)15-37-16-35-26(29(31,32)33)25(28(37)40)43-23-10-19(13-34)9-20(30)11-23;1-38-18-4-2-14(3-5-18)11-35-23(36)20(26)9-17(33-35)12-34-13-32-22(25(28,29)30)21(24(34)37)39-19-7-15(10-31)6-16(27)8-19/h5-12,16H,2,4,14-15H2,1,3H3;2-9,13H,11-12H2,1H3. The summed E-state index contributed by atoms with van der Waals surface area (Å²) in [4.78, 5) is 59.2. The monoisotopic (exact) mass is 1230 g/mol. The summed E-state index contributed by atoms with van der Waals surface area (Å²) in [6, 6.07) is 27.3. The second-order valence-corrected chi connectivity index (χ2v) is 18.7. The van der Waals surface area contributed by atoms with Crippen molar-refractivity contribution in [1.82, 2.24) is 38.7 Å². The number of nitrogens with zero attached hydrogens (tertiary/aromatic N) is 10. The maximum absolute atomic E-state index is 13.8. The molecule has 0 radical (unpaired) electrons. The van der Waals surface area contributed by atoms with Crippen molar-refractivity contribution in [2.24, 2.45) is 0 Å². The molecular formula is C54H39BrCl2F6N10O9. The van der Waals surface area contributed by atoms with E-state index in [4.69, 9.17) is 52.1 Å². The van der Waals surface area contributed by atoms with E-state index in [2.05, 4.69) is 42.7 Å². The summed E-state index contributed by atoms with van der Waals surface area (Å²) in [6.45, 7) is 5.09. The van der Waals surface area contributed by atoms with Gasteiger partial charge in [-0.25, -0.2) is 19.3 Å². The fourth-order valence-electron chi connectivity index (χ4n) is 7.50. The predicted molar refractivity (Wildman–Crippen MR) is 287 cm³/mol. The van der Waals surface area contributed by atoms with Crippen LogP contribution in [0.15, 0.2) is 140 Å². The largest absolute Gasteiger partial charge is 0.497 e. The summed E-state index contributed by atoms with van der Waals surface area (Å²) < 4.78 is 113. The molecule has 0 unspecified atom stereocenters. The smallest absolute Gasteiger partial charge is 0.437 e. The van der Waals surface area contributed by atoms with Gasteiger partial charge in [0.25, 0.3) is 22.2 Å². The van der Waals surface area contributed by atoms with Crippen LogP contribution in [0.4, 0.5) is 26.3 Å². The van der Waals surface area contributed by atoms with Crippen molar-refractivity contribution in [3.05, 3.63) is 223 Å². The molecule has 0 atom stereocenters. The Morgan fingerprint density at radius 2 is 1.01 bits per heavy atom. The molecule has 8 aromatic rings. The van der Waals surface area contributed by atoms with Gasteiger partial charge in [-0.05, 0) is 107 Å². The van der Waals surface area contributed by atoms with Crippen LogP contribution in [0.3, 0.4) is 0 Å². The molecule has 0 saturated heterocycles. The minimum absolute atomic E-state index is 0.00523. The first kappa shape index (κ1) is 60.4. The molecule has 0 aliphatic heterocycles. The van der Waals surface area contributed by atoms with Crippen molar-refractivity contribution >= 4 is 44.9 Å². The van der Waals surface area contributed by atoms with E-state index < -0.39 is 64.0 Å². The van der Waals surface area contributed by atoms with E-state index in [0.717, 1.165) is 48.3 Å². The molecule has 0 fully saturated rings. The van der Waals surface area contributed by atoms with Gasteiger partial charge in [-0.15, -0.1) is 0 Å². The van der Waals surface area contributed by atoms with Crippen molar-refractivity contribution in [1.29, 1.82) is 10.5 Å². The van der Waals surface area contributed by atoms with E-state index in [-0.39, 0.29) is 86.1 Å². The van der Waals surface area contributed by atoms with E-state index in [1.165, 1.54) is 38.5 Å². The Bertz CT molecular complexity index is 4050. The van der Waals surface area contributed by atoms with Crippen LogP contribution < -0.4 is 41.2 Å². The number of methoxy groups -OCH3 is 2. The summed E-state index contributed by atoms with van der Waals surface area (Å²) in [5.41, 5.74) is -4.67. The van der Waals surface area contributed by atoms with Crippen molar-refractivity contribution < 1.29 is 50.0 Å². The van der Waals surface area contributed by atoms with E-state index >= 15 is 0 Å². The molecule has 0 bridgehead atoms. The van der Waals surface area contributed by atoms with Crippen LogP contribution in [0.25, 0.3) is 5.76 Å². The maximum atomic E-state index is 13.8. The minimum atomic E-state index is -5.05. The molecule has 0 aliphatic carbocycles. The summed E-state index contributed by atoms with van der Waals surface area (Å²) in [5, 5.41) is 26.9. The third-order valence-corrected chi connectivity index (χ3v) is 12.2. The van der Waals surface area contributed by atoms with E-state index in [0.29, 0.717) is 29.7 Å². The van der Waals surface area contributed by atoms with E-state index in [1.807, 2.05) is 6.07 Å². The third kappa shape index (κ3) is 15.0. The number of rotatable bonds is 17. The van der Waals surface area contributed by atoms with Crippen molar-refractivity contribution in [2.45, 2.75) is 45.5 Å². The molecule has 19 nitrogen and oxygen atoms in total. The van der Waals surface area contributed by atoms with Gasteiger partial charge < -0.3 is 23.7 Å². The number of hydrogen-bond acceptors (Lipinski definition) is 15. The first-order valence-electron chi connectivity index (χ1n) is 23.5. The molecule has 0 spiro atoms. The molecule has 0 saturated carbocycles. The zero-order chi connectivity index (χ0) is 59.6. The summed E-state index contributed by atoms with van der Waals surface area (Å²) in [6.07, 6.45) is -8.65. The molecule has 4 aromatic carbocycles. The Morgan fingerprint density at radius 3 is 1.40 bits per heavy atom. The van der Waals surface area contributed by atoms with Gasteiger partial charge in [-0.3, -0.25) is 28.3 Å². The average Bonchev–Trinajstić information content (AvgIpc) is 3.52. The Kier molecular flexibility index (Phi) is 19.1. The lowest BCUT2D eigenvalue weighted by Gasteiger charge is -2.16. The number of nitriles is 2. The number of benzene rings is 4. The van der Waals surface area contributed by atoms with Crippen LogP contribution >= 0.6 is 39.1 Å². The normalized spacial score (nSPS) is 11.1. The minimum Gasteiger partial charge on any atom is -0.497 e. The van der Waals surface area contributed by atoms with Crippen LogP contribution in [0.1, 0.15) is 57.5 Å². The highest BCUT2D eigenvalue weighted by atomic mass is 79.9. The SMILES string of the molecule is C=C(OCC)c1cc(Cn2cnc(C(F)(F)F)c(Oc3cc(Cl)cc(C#N)c3)c2=O)nn(Cc2ccc(OC)cc2)c1=O.COc1ccc(Cn2nc(Cn3cnc(C(F)(F)F)c(Oc4cc(Cl)cc(C#N)c4)c3=O)cc(Br)c2=O)cc1. The topological polar surface area (TPSA) is 233 Å². The Hall–Kier alpha value is -9.24. The van der Waals surface area contributed by atoms with Crippen molar-refractivity contribution in [2.75, 3.05) is 20.8 Å². The molecule has 4 aromatic heterocycles. The average molecular weight is 1240 g/mol. The van der Waals surface area contributed by atoms with Crippen molar-refractivity contribution in [3.8, 4) is 46.6 Å². The van der Waals surface area contributed by atoms with Crippen LogP contribution in [-0.2, 0) is 43.3 Å². The number of halogens is 9. The molecule has 4 heterocycles. The summed E-state index contributed by atoms with van der Waals surface area (Å²) >= 11 is 15.0. The molecule has 0 amide bonds. The Morgan fingerprint density at radius 1 is 0.598 bits per heavy atom. The Balaban J connectivity index is 0.000000237. The fourth-order valence-corrected chi connectivity index (χ4v) is 8.42. The van der Waals surface area contributed by atoms with Gasteiger partial charge >= 0.3 is 12.4 Å². The maximum Gasteiger partial charge on any atom is 0.437 e. The first-order chi connectivity index (χ1) is 38.9. The predicted octanol–water partition coefficient (Wildman–Crippen LogP) is 10.3. The number of ether oxygens (including phenoxy) is 5. The Labute approximate surface area is 477 Å². The van der Waals surface area contributed by atoms with E-state index in [1.54, 1.807) is 61.5 Å². The van der Waals surface area contributed by atoms with Gasteiger partial charge in [0.05, 0.1) is 104 Å². The number of alkyl halides is 6. The molecule has 0 aliphatic rings. The second kappa shape index (κ2) is 25.9. The van der Waals surface area contributed by atoms with Crippen molar-refractivity contribution in [3.63, 3.8) is 0 Å². The lowest BCUT2D eigenvalue weighted by Crippen LogP contribution is -2.30. The highest BCUT2D eigenvalue weighted by molar-refractivity contribution is 9.10.